The lowest BCUT2D eigenvalue weighted by Gasteiger charge is -2.30. The van der Waals surface area contributed by atoms with E-state index in [2.05, 4.69) is 11.9 Å². The molecule has 9 heteroatoms. The number of rotatable bonds is 4. The molecule has 1 fully saturated rings. The van der Waals surface area contributed by atoms with Gasteiger partial charge < -0.3 is 4.57 Å². The minimum absolute atomic E-state index is 0.207. The SMILES string of the molecule is CCn1c(=NC(=O)c2ccc(S(=O)(=O)N3CCCC(C)C3)cc2)sc2ccc(Cl)c(C)c21. The first-order chi connectivity index (χ1) is 15.2. The maximum atomic E-state index is 13.0. The number of nitrogens with zero attached hydrogens (tertiary/aromatic N) is 3. The summed E-state index contributed by atoms with van der Waals surface area (Å²) in [7, 11) is -3.56. The number of thiazole rings is 1. The second-order valence-corrected chi connectivity index (χ2v) is 11.6. The predicted molar refractivity (Wildman–Crippen MR) is 129 cm³/mol. The zero-order valence-corrected chi connectivity index (χ0v) is 20.7. The molecule has 170 valence electrons. The molecule has 0 aliphatic carbocycles. The number of amides is 1. The summed E-state index contributed by atoms with van der Waals surface area (Å²) in [4.78, 5) is 18.0. The molecule has 1 aliphatic rings. The average Bonchev–Trinajstić information content (AvgIpc) is 3.14. The van der Waals surface area contributed by atoms with Gasteiger partial charge in [-0.05, 0) is 74.6 Å². The normalized spacial score (nSPS) is 18.4. The number of hydrogen-bond acceptors (Lipinski definition) is 4. The molecule has 1 atom stereocenters. The quantitative estimate of drug-likeness (QED) is 0.524. The lowest BCUT2D eigenvalue weighted by Crippen LogP contribution is -2.39. The van der Waals surface area contributed by atoms with Crippen LogP contribution in [0.5, 0.6) is 0 Å². The van der Waals surface area contributed by atoms with E-state index in [9.17, 15) is 13.2 Å². The zero-order valence-electron chi connectivity index (χ0n) is 18.3. The third kappa shape index (κ3) is 4.29. The van der Waals surface area contributed by atoms with Crippen LogP contribution in [0.25, 0.3) is 10.2 Å². The Morgan fingerprint density at radius 2 is 1.94 bits per heavy atom. The molecule has 4 rings (SSSR count). The molecule has 2 heterocycles. The maximum absolute atomic E-state index is 13.0. The number of fused-ring (bicyclic) bond motifs is 1. The molecule has 0 N–H and O–H groups in total. The van der Waals surface area contributed by atoms with Crippen LogP contribution < -0.4 is 4.80 Å². The predicted octanol–water partition coefficient (Wildman–Crippen LogP) is 4.85. The first-order valence-electron chi connectivity index (χ1n) is 10.7. The molecule has 1 aliphatic heterocycles. The number of benzene rings is 2. The fourth-order valence-electron chi connectivity index (χ4n) is 4.13. The number of aryl methyl sites for hydroxylation is 2. The van der Waals surface area contributed by atoms with E-state index in [4.69, 9.17) is 11.6 Å². The fourth-order valence-corrected chi connectivity index (χ4v) is 7.03. The van der Waals surface area contributed by atoms with Gasteiger partial charge in [-0.3, -0.25) is 4.79 Å². The Balaban J connectivity index is 1.65. The third-order valence-corrected chi connectivity index (χ3v) is 9.23. The maximum Gasteiger partial charge on any atom is 0.279 e. The monoisotopic (exact) mass is 491 g/mol. The van der Waals surface area contributed by atoms with Gasteiger partial charge in [0.05, 0.1) is 15.1 Å². The average molecular weight is 492 g/mol. The summed E-state index contributed by atoms with van der Waals surface area (Å²) in [5.41, 5.74) is 2.29. The molecule has 0 radical (unpaired) electrons. The van der Waals surface area contributed by atoms with Crippen LogP contribution in [-0.2, 0) is 16.6 Å². The second-order valence-electron chi connectivity index (χ2n) is 8.20. The lowest BCUT2D eigenvalue weighted by molar-refractivity contribution is 0.0997. The first kappa shape index (κ1) is 23.2. The molecule has 2 aromatic carbocycles. The van der Waals surface area contributed by atoms with Crippen molar-refractivity contribution in [1.29, 1.82) is 0 Å². The third-order valence-electron chi connectivity index (χ3n) is 5.90. The number of carbonyl (C=O) groups excluding carboxylic acids is 1. The first-order valence-corrected chi connectivity index (χ1v) is 13.3. The summed E-state index contributed by atoms with van der Waals surface area (Å²) >= 11 is 7.72. The molecule has 1 aromatic heterocycles. The van der Waals surface area contributed by atoms with E-state index < -0.39 is 15.9 Å². The van der Waals surface area contributed by atoms with Gasteiger partial charge in [0.15, 0.2) is 4.80 Å². The highest BCUT2D eigenvalue weighted by molar-refractivity contribution is 7.89. The number of piperidine rings is 1. The molecule has 0 bridgehead atoms. The van der Waals surface area contributed by atoms with E-state index in [1.807, 2.05) is 30.5 Å². The molecule has 3 aromatic rings. The number of carbonyl (C=O) groups is 1. The topological polar surface area (TPSA) is 71.7 Å². The van der Waals surface area contributed by atoms with Gasteiger partial charge in [-0.2, -0.15) is 9.30 Å². The molecular formula is C23H26ClN3O3S2. The summed E-state index contributed by atoms with van der Waals surface area (Å²) in [5.74, 6) is -0.0543. The summed E-state index contributed by atoms with van der Waals surface area (Å²) < 4.78 is 30.4. The Morgan fingerprint density at radius 3 is 2.59 bits per heavy atom. The van der Waals surface area contributed by atoms with E-state index in [0.29, 0.717) is 40.9 Å². The van der Waals surface area contributed by atoms with E-state index in [0.717, 1.165) is 28.6 Å². The van der Waals surface area contributed by atoms with Gasteiger partial charge >= 0.3 is 0 Å². The number of sulfonamides is 1. The number of halogens is 1. The second kappa shape index (κ2) is 9.09. The van der Waals surface area contributed by atoms with Gasteiger partial charge in [0.1, 0.15) is 0 Å². The smallest absolute Gasteiger partial charge is 0.279 e. The number of hydrogen-bond donors (Lipinski definition) is 0. The van der Waals surface area contributed by atoms with Crippen molar-refractivity contribution in [2.45, 2.75) is 45.1 Å². The summed E-state index contributed by atoms with van der Waals surface area (Å²) in [6.45, 7) is 7.74. The molecule has 0 saturated carbocycles. The number of aromatic nitrogens is 1. The highest BCUT2D eigenvalue weighted by Gasteiger charge is 2.28. The van der Waals surface area contributed by atoms with Crippen LogP contribution in [0.4, 0.5) is 0 Å². The van der Waals surface area contributed by atoms with Crippen molar-refractivity contribution in [3.05, 3.63) is 57.3 Å². The molecular weight excluding hydrogens is 466 g/mol. The van der Waals surface area contributed by atoms with Crippen LogP contribution in [0, 0.1) is 12.8 Å². The van der Waals surface area contributed by atoms with Gasteiger partial charge in [0, 0.05) is 30.2 Å². The Labute approximate surface area is 197 Å². The Bertz CT molecular complexity index is 1340. The molecule has 32 heavy (non-hydrogen) atoms. The molecule has 0 spiro atoms. The van der Waals surface area contributed by atoms with Crippen LogP contribution in [-0.4, -0.2) is 36.3 Å². The minimum Gasteiger partial charge on any atom is -0.316 e. The van der Waals surface area contributed by atoms with Gasteiger partial charge in [0.2, 0.25) is 10.0 Å². The van der Waals surface area contributed by atoms with Crippen molar-refractivity contribution >= 4 is 49.1 Å². The van der Waals surface area contributed by atoms with Gasteiger partial charge in [-0.1, -0.05) is 29.9 Å². The summed E-state index contributed by atoms with van der Waals surface area (Å²) in [6, 6.07) is 9.87. The van der Waals surface area contributed by atoms with Gasteiger partial charge in [-0.25, -0.2) is 8.42 Å². The largest absolute Gasteiger partial charge is 0.316 e. The highest BCUT2D eigenvalue weighted by atomic mass is 35.5. The molecule has 1 saturated heterocycles. The Hall–Kier alpha value is -2.00. The molecule has 6 nitrogen and oxygen atoms in total. The van der Waals surface area contributed by atoms with Crippen LogP contribution >= 0.6 is 22.9 Å². The Kier molecular flexibility index (Phi) is 6.58. The lowest BCUT2D eigenvalue weighted by atomic mass is 10.0. The van der Waals surface area contributed by atoms with Crippen molar-refractivity contribution in [1.82, 2.24) is 8.87 Å². The van der Waals surface area contributed by atoms with E-state index in [1.165, 1.54) is 39.9 Å². The highest BCUT2D eigenvalue weighted by Crippen LogP contribution is 2.27. The van der Waals surface area contributed by atoms with Crippen LogP contribution in [0.2, 0.25) is 5.02 Å². The van der Waals surface area contributed by atoms with Crippen LogP contribution in [0.1, 0.15) is 42.6 Å². The van der Waals surface area contributed by atoms with Crippen molar-refractivity contribution < 1.29 is 13.2 Å². The standard InChI is InChI=1S/C23H26ClN3O3S2/c1-4-27-21-16(3)19(24)11-12-20(21)31-23(27)25-22(28)17-7-9-18(10-8-17)32(29,30)26-13-5-6-15(2)14-26/h7-12,15H,4-6,13-14H2,1-3H3. The van der Waals surface area contributed by atoms with Crippen molar-refractivity contribution in [3.8, 4) is 0 Å². The van der Waals surface area contributed by atoms with Crippen molar-refractivity contribution in [2.24, 2.45) is 10.9 Å². The minimum atomic E-state index is -3.56. The summed E-state index contributed by atoms with van der Waals surface area (Å²) in [6.07, 6.45) is 1.91. The van der Waals surface area contributed by atoms with Crippen LogP contribution in [0.3, 0.4) is 0 Å². The fraction of sp³-hybridized carbons (Fsp3) is 0.391. The van der Waals surface area contributed by atoms with Gasteiger partial charge in [0.25, 0.3) is 5.91 Å². The van der Waals surface area contributed by atoms with E-state index in [1.54, 1.807) is 0 Å². The van der Waals surface area contributed by atoms with E-state index >= 15 is 0 Å². The summed E-state index contributed by atoms with van der Waals surface area (Å²) in [5, 5.41) is 0.676. The molecule has 1 unspecified atom stereocenters. The molecule has 1 amide bonds. The van der Waals surface area contributed by atoms with Crippen molar-refractivity contribution in [3.63, 3.8) is 0 Å². The zero-order chi connectivity index (χ0) is 23.0. The van der Waals surface area contributed by atoms with E-state index in [-0.39, 0.29) is 4.90 Å². The van der Waals surface area contributed by atoms with Gasteiger partial charge in [-0.15, -0.1) is 0 Å². The van der Waals surface area contributed by atoms with Crippen LogP contribution in [0.15, 0.2) is 46.3 Å². The Morgan fingerprint density at radius 1 is 1.22 bits per heavy atom. The van der Waals surface area contributed by atoms with Crippen molar-refractivity contribution in [2.75, 3.05) is 13.1 Å².